The van der Waals surface area contributed by atoms with Crippen LogP contribution >= 0.6 is 0 Å². The van der Waals surface area contributed by atoms with Crippen LogP contribution in [0.25, 0.3) is 0 Å². The molecule has 11 heavy (non-hydrogen) atoms. The zero-order valence-electron chi connectivity index (χ0n) is 5.46. The second-order valence-corrected chi connectivity index (χ2v) is 1.90. The van der Waals surface area contributed by atoms with E-state index in [9.17, 15) is 18.4 Å². The number of hydrogen-bond donors (Lipinski definition) is 2. The van der Waals surface area contributed by atoms with Gasteiger partial charge >= 0.3 is 5.97 Å². The van der Waals surface area contributed by atoms with Gasteiger partial charge in [0.05, 0.1) is 6.04 Å². The summed E-state index contributed by atoms with van der Waals surface area (Å²) >= 11 is 0. The highest BCUT2D eigenvalue weighted by Gasteiger charge is 2.23. The predicted octanol–water partition coefficient (Wildman–Crippen LogP) is -0.377. The van der Waals surface area contributed by atoms with Crippen LogP contribution in [0.15, 0.2) is 0 Å². The number of halogens is 2. The molecule has 0 bridgehead atoms. The van der Waals surface area contributed by atoms with Crippen LogP contribution in [0.5, 0.6) is 0 Å². The number of hydrogen-bond acceptors (Lipinski definition) is 3. The van der Waals surface area contributed by atoms with E-state index < -0.39 is 30.6 Å². The molecule has 0 aromatic heterocycles. The second-order valence-electron chi connectivity index (χ2n) is 1.90. The Morgan fingerprint density at radius 3 is 2.18 bits per heavy atom. The number of carboxylic acid groups (broad SMARTS) is 1. The van der Waals surface area contributed by atoms with Crippen LogP contribution in [-0.2, 0) is 9.59 Å². The van der Waals surface area contributed by atoms with Crippen molar-refractivity contribution in [2.24, 2.45) is 5.73 Å². The fraction of sp³-hybridized carbons (Fsp3) is 0.600. The Morgan fingerprint density at radius 1 is 1.45 bits per heavy atom. The van der Waals surface area contributed by atoms with E-state index in [1.807, 2.05) is 0 Å². The summed E-state index contributed by atoms with van der Waals surface area (Å²) < 4.78 is 23.0. The molecule has 0 amide bonds. The van der Waals surface area contributed by atoms with Gasteiger partial charge in [-0.05, 0) is 0 Å². The average Bonchev–Trinajstić information content (AvgIpc) is 1.84. The Kier molecular flexibility index (Phi) is 3.59. The summed E-state index contributed by atoms with van der Waals surface area (Å²) in [5.41, 5.74) is 4.81. The maximum Gasteiger partial charge on any atom is 0.373 e. The fourth-order valence-corrected chi connectivity index (χ4v) is 0.458. The van der Waals surface area contributed by atoms with Crippen molar-refractivity contribution in [3.63, 3.8) is 0 Å². The number of Topliss-reactive ketones (excluding diaryl/α,β-unsaturated/α-hetero) is 1. The third kappa shape index (κ3) is 3.61. The molecule has 1 unspecified atom stereocenters. The molecule has 0 saturated carbocycles. The number of carbonyl (C=O) groups is 2. The molecular formula is C5H7F2NO3. The third-order valence-electron chi connectivity index (χ3n) is 0.980. The summed E-state index contributed by atoms with van der Waals surface area (Å²) in [6.07, 6.45) is -3.67. The largest absolute Gasteiger partial charge is 0.475 e. The van der Waals surface area contributed by atoms with Crippen LogP contribution in [0.1, 0.15) is 6.42 Å². The zero-order chi connectivity index (χ0) is 9.02. The Balaban J connectivity index is 3.93. The van der Waals surface area contributed by atoms with Gasteiger partial charge in [0.15, 0.2) is 0 Å². The molecule has 0 saturated heterocycles. The molecular weight excluding hydrogens is 160 g/mol. The Morgan fingerprint density at radius 2 is 1.91 bits per heavy atom. The molecule has 64 valence electrons. The lowest BCUT2D eigenvalue weighted by Gasteiger charge is -2.04. The van der Waals surface area contributed by atoms with Crippen LogP contribution in [0.2, 0.25) is 0 Å². The Labute approximate surface area is 61.0 Å². The molecule has 0 radical (unpaired) electrons. The quantitative estimate of drug-likeness (QED) is 0.559. The normalized spacial score (nSPS) is 13.1. The summed E-state index contributed by atoms with van der Waals surface area (Å²) in [4.78, 5) is 20.2. The highest BCUT2D eigenvalue weighted by atomic mass is 19.3. The lowest BCUT2D eigenvalue weighted by atomic mass is 10.1. The maximum absolute atomic E-state index is 11.5. The summed E-state index contributed by atoms with van der Waals surface area (Å²) in [7, 11) is 0. The molecule has 1 atom stereocenters. The molecule has 0 fully saturated rings. The number of alkyl halides is 2. The van der Waals surface area contributed by atoms with E-state index in [0.29, 0.717) is 0 Å². The van der Waals surface area contributed by atoms with E-state index in [2.05, 4.69) is 0 Å². The fourth-order valence-electron chi connectivity index (χ4n) is 0.458. The number of aliphatic carboxylic acids is 1. The molecule has 0 rings (SSSR count). The van der Waals surface area contributed by atoms with Crippen molar-refractivity contribution in [1.82, 2.24) is 0 Å². The summed E-state index contributed by atoms with van der Waals surface area (Å²) in [5.74, 6) is -3.16. The zero-order valence-corrected chi connectivity index (χ0v) is 5.46. The average molecular weight is 167 g/mol. The minimum absolute atomic E-state index is 0.912. The monoisotopic (exact) mass is 167 g/mol. The number of rotatable bonds is 4. The first-order chi connectivity index (χ1) is 4.95. The molecule has 6 heteroatoms. The van der Waals surface area contributed by atoms with Gasteiger partial charge in [0, 0.05) is 6.42 Å². The molecule has 3 N–H and O–H groups in total. The Bertz CT molecular complexity index is 171. The summed E-state index contributed by atoms with van der Waals surface area (Å²) in [6.45, 7) is 0. The van der Waals surface area contributed by atoms with Gasteiger partial charge < -0.3 is 10.8 Å². The van der Waals surface area contributed by atoms with Gasteiger partial charge in [-0.2, -0.15) is 0 Å². The van der Waals surface area contributed by atoms with Crippen molar-refractivity contribution < 1.29 is 23.5 Å². The molecule has 4 nitrogen and oxygen atoms in total. The predicted molar refractivity (Wildman–Crippen MR) is 31.2 cm³/mol. The van der Waals surface area contributed by atoms with Crippen LogP contribution in [0.4, 0.5) is 8.78 Å². The van der Waals surface area contributed by atoms with Gasteiger partial charge in [-0.25, -0.2) is 13.6 Å². The summed E-state index contributed by atoms with van der Waals surface area (Å²) in [6, 6.07) is -1.60. The van der Waals surface area contributed by atoms with Gasteiger partial charge in [-0.3, -0.25) is 4.79 Å². The van der Waals surface area contributed by atoms with Crippen LogP contribution in [-0.4, -0.2) is 29.3 Å². The maximum atomic E-state index is 11.5. The first kappa shape index (κ1) is 9.96. The van der Waals surface area contributed by atoms with Gasteiger partial charge in [0.2, 0.25) is 6.43 Å². The molecule has 0 aliphatic rings. The van der Waals surface area contributed by atoms with Crippen LogP contribution in [0, 0.1) is 0 Å². The first-order valence-corrected chi connectivity index (χ1v) is 2.76. The van der Waals surface area contributed by atoms with E-state index in [0.717, 1.165) is 0 Å². The Hall–Kier alpha value is -1.04. The molecule has 0 aliphatic heterocycles. The molecule has 0 aliphatic carbocycles. The third-order valence-corrected chi connectivity index (χ3v) is 0.980. The highest BCUT2D eigenvalue weighted by Crippen LogP contribution is 2.02. The van der Waals surface area contributed by atoms with Crippen molar-refractivity contribution in [3.8, 4) is 0 Å². The smallest absolute Gasteiger partial charge is 0.373 e. The van der Waals surface area contributed by atoms with Gasteiger partial charge in [-0.1, -0.05) is 0 Å². The summed E-state index contributed by atoms with van der Waals surface area (Å²) in [5, 5.41) is 7.99. The number of carboxylic acids is 1. The van der Waals surface area contributed by atoms with E-state index in [1.165, 1.54) is 0 Å². The van der Waals surface area contributed by atoms with Crippen molar-refractivity contribution in [2.75, 3.05) is 0 Å². The lowest BCUT2D eigenvalue weighted by molar-refractivity contribution is -0.150. The first-order valence-electron chi connectivity index (χ1n) is 2.76. The van der Waals surface area contributed by atoms with E-state index in [1.54, 1.807) is 0 Å². The van der Waals surface area contributed by atoms with E-state index in [4.69, 9.17) is 10.8 Å². The minimum atomic E-state index is -2.76. The number of ketones is 1. The topological polar surface area (TPSA) is 80.4 Å². The number of carbonyl (C=O) groups excluding carboxylic acids is 1. The van der Waals surface area contributed by atoms with E-state index in [-0.39, 0.29) is 0 Å². The standard InChI is InChI=1S/C5H7F2NO3/c6-3(7)1-2(8)4(9)5(10)11/h2-3H,1,8H2,(H,10,11). The molecule has 0 aromatic rings. The van der Waals surface area contributed by atoms with E-state index >= 15 is 0 Å². The second kappa shape index (κ2) is 3.97. The highest BCUT2D eigenvalue weighted by molar-refractivity contribution is 6.34. The molecule has 0 spiro atoms. The van der Waals surface area contributed by atoms with Crippen molar-refractivity contribution in [1.29, 1.82) is 0 Å². The van der Waals surface area contributed by atoms with Crippen molar-refractivity contribution >= 4 is 11.8 Å². The van der Waals surface area contributed by atoms with Crippen LogP contribution < -0.4 is 5.73 Å². The SMILES string of the molecule is NC(CC(F)F)C(=O)C(=O)O. The van der Waals surface area contributed by atoms with Gasteiger partial charge in [0.1, 0.15) is 0 Å². The number of nitrogens with two attached hydrogens (primary N) is 1. The minimum Gasteiger partial charge on any atom is -0.475 e. The van der Waals surface area contributed by atoms with Crippen molar-refractivity contribution in [3.05, 3.63) is 0 Å². The van der Waals surface area contributed by atoms with Gasteiger partial charge in [0.25, 0.3) is 5.78 Å². The lowest BCUT2D eigenvalue weighted by Crippen LogP contribution is -2.37. The molecule has 0 heterocycles. The van der Waals surface area contributed by atoms with Crippen LogP contribution in [0.3, 0.4) is 0 Å². The van der Waals surface area contributed by atoms with Gasteiger partial charge in [-0.15, -0.1) is 0 Å². The molecule has 0 aromatic carbocycles. The van der Waals surface area contributed by atoms with Crippen molar-refractivity contribution in [2.45, 2.75) is 18.9 Å².